The minimum absolute atomic E-state index is 0.0758. The Morgan fingerprint density at radius 3 is 2.70 bits per heavy atom. The Kier molecular flexibility index (Phi) is 5.61. The molecule has 0 saturated carbocycles. The SMILES string of the molecule is CCCn1cc(N)cc1C(=O)N(C)CC(C)C(=O)NC. The van der Waals surface area contributed by atoms with Crippen LogP contribution in [0.2, 0.25) is 0 Å². The van der Waals surface area contributed by atoms with Crippen LogP contribution in [0, 0.1) is 5.92 Å². The molecule has 0 bridgehead atoms. The lowest BCUT2D eigenvalue weighted by Crippen LogP contribution is -2.38. The first-order valence-electron chi connectivity index (χ1n) is 6.83. The molecule has 0 aromatic carbocycles. The van der Waals surface area contributed by atoms with E-state index in [1.54, 1.807) is 38.2 Å². The zero-order chi connectivity index (χ0) is 15.3. The zero-order valence-electron chi connectivity index (χ0n) is 12.6. The molecule has 3 N–H and O–H groups in total. The average Bonchev–Trinajstić information content (AvgIpc) is 2.78. The van der Waals surface area contributed by atoms with Crippen LogP contribution in [-0.4, -0.2) is 41.9 Å². The average molecular weight is 280 g/mol. The molecule has 6 heteroatoms. The Balaban J connectivity index is 2.81. The Bertz CT molecular complexity index is 482. The molecule has 0 fully saturated rings. The lowest BCUT2D eigenvalue weighted by molar-refractivity contribution is -0.124. The summed E-state index contributed by atoms with van der Waals surface area (Å²) in [7, 11) is 3.29. The van der Waals surface area contributed by atoms with Crippen molar-refractivity contribution in [1.82, 2.24) is 14.8 Å². The summed E-state index contributed by atoms with van der Waals surface area (Å²) in [6.07, 6.45) is 2.69. The van der Waals surface area contributed by atoms with Crippen molar-refractivity contribution in [3.05, 3.63) is 18.0 Å². The number of rotatable bonds is 6. The van der Waals surface area contributed by atoms with Crippen molar-refractivity contribution >= 4 is 17.5 Å². The number of aryl methyl sites for hydroxylation is 1. The van der Waals surface area contributed by atoms with Gasteiger partial charge in [-0.3, -0.25) is 9.59 Å². The summed E-state index contributed by atoms with van der Waals surface area (Å²) in [6.45, 7) is 4.96. The van der Waals surface area contributed by atoms with Crippen LogP contribution in [0.1, 0.15) is 30.8 Å². The Hall–Kier alpha value is -1.98. The number of carbonyl (C=O) groups is 2. The fourth-order valence-corrected chi connectivity index (χ4v) is 2.16. The van der Waals surface area contributed by atoms with Crippen LogP contribution in [0.25, 0.3) is 0 Å². The number of hydrogen-bond donors (Lipinski definition) is 2. The van der Waals surface area contributed by atoms with Crippen molar-refractivity contribution in [3.8, 4) is 0 Å². The first-order chi connectivity index (χ1) is 9.40. The van der Waals surface area contributed by atoms with Gasteiger partial charge in [0.1, 0.15) is 5.69 Å². The maximum atomic E-state index is 12.4. The van der Waals surface area contributed by atoms with E-state index in [0.717, 1.165) is 13.0 Å². The van der Waals surface area contributed by atoms with E-state index in [1.165, 1.54) is 0 Å². The molecule has 1 heterocycles. The normalized spacial score (nSPS) is 12.0. The van der Waals surface area contributed by atoms with E-state index < -0.39 is 0 Å². The smallest absolute Gasteiger partial charge is 0.270 e. The highest BCUT2D eigenvalue weighted by molar-refractivity contribution is 5.94. The van der Waals surface area contributed by atoms with Crippen molar-refractivity contribution in [2.24, 2.45) is 5.92 Å². The third-order valence-corrected chi connectivity index (χ3v) is 3.19. The van der Waals surface area contributed by atoms with Gasteiger partial charge in [-0.25, -0.2) is 0 Å². The molecular weight excluding hydrogens is 256 g/mol. The second-order valence-corrected chi connectivity index (χ2v) is 5.05. The molecule has 1 aromatic rings. The number of carbonyl (C=O) groups excluding carboxylic acids is 2. The van der Waals surface area contributed by atoms with Gasteiger partial charge >= 0.3 is 0 Å². The molecule has 0 aliphatic carbocycles. The molecule has 1 rings (SSSR count). The van der Waals surface area contributed by atoms with E-state index in [0.29, 0.717) is 17.9 Å². The predicted octanol–water partition coefficient (Wildman–Crippen LogP) is 0.934. The summed E-state index contributed by atoms with van der Waals surface area (Å²) < 4.78 is 1.86. The number of nitrogen functional groups attached to an aromatic ring is 1. The number of hydrogen-bond acceptors (Lipinski definition) is 3. The summed E-state index contributed by atoms with van der Waals surface area (Å²) in [4.78, 5) is 25.5. The lowest BCUT2D eigenvalue weighted by atomic mass is 10.1. The molecule has 0 spiro atoms. The quantitative estimate of drug-likeness (QED) is 0.813. The zero-order valence-corrected chi connectivity index (χ0v) is 12.6. The number of aromatic nitrogens is 1. The summed E-state index contributed by atoms with van der Waals surface area (Å²) >= 11 is 0. The minimum atomic E-state index is -0.249. The molecule has 112 valence electrons. The van der Waals surface area contributed by atoms with Crippen LogP contribution in [0.3, 0.4) is 0 Å². The van der Waals surface area contributed by atoms with Crippen molar-refractivity contribution in [2.45, 2.75) is 26.8 Å². The molecule has 2 amide bonds. The Labute approximate surface area is 119 Å². The fraction of sp³-hybridized carbons (Fsp3) is 0.571. The van der Waals surface area contributed by atoms with E-state index in [4.69, 9.17) is 5.73 Å². The van der Waals surface area contributed by atoms with Crippen molar-refractivity contribution < 1.29 is 9.59 Å². The maximum Gasteiger partial charge on any atom is 0.270 e. The number of nitrogens with zero attached hydrogens (tertiary/aromatic N) is 2. The van der Waals surface area contributed by atoms with Gasteiger partial charge in [0.25, 0.3) is 5.91 Å². The van der Waals surface area contributed by atoms with E-state index in [1.807, 2.05) is 11.5 Å². The Morgan fingerprint density at radius 1 is 1.50 bits per heavy atom. The van der Waals surface area contributed by atoms with Gasteiger partial charge in [-0.15, -0.1) is 0 Å². The van der Waals surface area contributed by atoms with Crippen LogP contribution in [0.15, 0.2) is 12.3 Å². The van der Waals surface area contributed by atoms with Gasteiger partial charge in [0.15, 0.2) is 0 Å². The molecule has 0 saturated heterocycles. The summed E-state index contributed by atoms with van der Waals surface area (Å²) in [5.74, 6) is -0.445. The topological polar surface area (TPSA) is 80.4 Å². The number of amides is 2. The molecule has 0 radical (unpaired) electrons. The van der Waals surface area contributed by atoms with Gasteiger partial charge < -0.3 is 20.5 Å². The fourth-order valence-electron chi connectivity index (χ4n) is 2.16. The largest absolute Gasteiger partial charge is 0.397 e. The van der Waals surface area contributed by atoms with Gasteiger partial charge in [0, 0.05) is 33.4 Å². The monoisotopic (exact) mass is 280 g/mol. The highest BCUT2D eigenvalue weighted by atomic mass is 16.2. The number of anilines is 1. The first kappa shape index (κ1) is 16.1. The number of nitrogens with one attached hydrogen (secondary N) is 1. The number of nitrogens with two attached hydrogens (primary N) is 1. The highest BCUT2D eigenvalue weighted by Gasteiger charge is 2.21. The van der Waals surface area contributed by atoms with Gasteiger partial charge in [-0.05, 0) is 12.5 Å². The molecular formula is C14H24N4O2. The van der Waals surface area contributed by atoms with Gasteiger partial charge in [-0.2, -0.15) is 0 Å². The maximum absolute atomic E-state index is 12.4. The van der Waals surface area contributed by atoms with Crippen LogP contribution < -0.4 is 11.1 Å². The van der Waals surface area contributed by atoms with Gasteiger partial charge in [-0.1, -0.05) is 13.8 Å². The minimum Gasteiger partial charge on any atom is -0.397 e. The molecule has 20 heavy (non-hydrogen) atoms. The predicted molar refractivity (Wildman–Crippen MR) is 79.3 cm³/mol. The van der Waals surface area contributed by atoms with Crippen LogP contribution >= 0.6 is 0 Å². The second-order valence-electron chi connectivity index (χ2n) is 5.05. The highest BCUT2D eigenvalue weighted by Crippen LogP contribution is 2.14. The van der Waals surface area contributed by atoms with Gasteiger partial charge in [0.05, 0.1) is 11.6 Å². The van der Waals surface area contributed by atoms with Crippen molar-refractivity contribution in [3.63, 3.8) is 0 Å². The molecule has 6 nitrogen and oxygen atoms in total. The van der Waals surface area contributed by atoms with Crippen molar-refractivity contribution in [1.29, 1.82) is 0 Å². The van der Waals surface area contributed by atoms with Crippen molar-refractivity contribution in [2.75, 3.05) is 26.4 Å². The summed E-state index contributed by atoms with van der Waals surface area (Å²) in [5, 5.41) is 2.58. The summed E-state index contributed by atoms with van der Waals surface area (Å²) in [6, 6.07) is 1.68. The molecule has 1 unspecified atom stereocenters. The second kappa shape index (κ2) is 6.98. The lowest BCUT2D eigenvalue weighted by Gasteiger charge is -2.21. The third kappa shape index (κ3) is 3.76. The molecule has 0 aliphatic rings. The summed E-state index contributed by atoms with van der Waals surface area (Å²) in [5.41, 5.74) is 6.91. The van der Waals surface area contributed by atoms with E-state index >= 15 is 0 Å². The van der Waals surface area contributed by atoms with Gasteiger partial charge in [0.2, 0.25) is 5.91 Å². The van der Waals surface area contributed by atoms with E-state index in [9.17, 15) is 9.59 Å². The molecule has 0 aliphatic heterocycles. The standard InChI is InChI=1S/C14H24N4O2/c1-5-6-18-9-11(15)7-12(18)14(20)17(4)8-10(2)13(19)16-3/h7,9-10H,5-6,8,15H2,1-4H3,(H,16,19). The first-order valence-corrected chi connectivity index (χ1v) is 6.83. The third-order valence-electron chi connectivity index (χ3n) is 3.19. The Morgan fingerprint density at radius 2 is 2.15 bits per heavy atom. The molecule has 1 aromatic heterocycles. The molecule has 1 atom stereocenters. The van der Waals surface area contributed by atoms with Crippen LogP contribution in [-0.2, 0) is 11.3 Å². The van der Waals surface area contributed by atoms with Crippen LogP contribution in [0.5, 0.6) is 0 Å². The van der Waals surface area contributed by atoms with E-state index in [2.05, 4.69) is 5.32 Å². The van der Waals surface area contributed by atoms with Crippen LogP contribution in [0.4, 0.5) is 5.69 Å². The van der Waals surface area contributed by atoms with E-state index in [-0.39, 0.29) is 17.7 Å².